The topological polar surface area (TPSA) is 78.4 Å². The first-order valence-electron chi connectivity index (χ1n) is 7.34. The molecule has 3 N–H and O–H groups in total. The molecule has 0 spiro atoms. The average molecular weight is 493 g/mol. The molecule has 0 aliphatic heterocycles. The molecule has 0 aliphatic carbocycles. The normalized spacial score (nSPS) is 12.4. The molecule has 25 heavy (non-hydrogen) atoms. The van der Waals surface area contributed by atoms with Crippen LogP contribution >= 0.6 is 35.3 Å². The molecule has 1 rings (SSSR count). The maximum absolute atomic E-state index is 12.5. The number of hydrogen-bond acceptors (Lipinski definition) is 4. The van der Waals surface area contributed by atoms with Crippen molar-refractivity contribution in [1.29, 1.82) is 0 Å². The Balaban J connectivity index is 0.00000576. The number of carbonyl (C=O) groups excluding carboxylic acids is 1. The first-order chi connectivity index (χ1) is 11.1. The van der Waals surface area contributed by atoms with E-state index in [1.54, 1.807) is 13.8 Å². The summed E-state index contributed by atoms with van der Waals surface area (Å²) in [6.45, 7) is 6.39. The Morgan fingerprint density at radius 3 is 2.40 bits per heavy atom. The van der Waals surface area contributed by atoms with Gasteiger partial charge in [-0.15, -0.1) is 35.3 Å². The van der Waals surface area contributed by atoms with Gasteiger partial charge in [0.05, 0.1) is 12.0 Å². The zero-order valence-corrected chi connectivity index (χ0v) is 17.6. The van der Waals surface area contributed by atoms with Crippen LogP contribution in [0.3, 0.4) is 0 Å². The third-order valence-electron chi connectivity index (χ3n) is 3.12. The fraction of sp³-hybridized carbons (Fsp3) is 0.643. The van der Waals surface area contributed by atoms with Crippen LogP contribution < -0.4 is 16.0 Å². The molecule has 1 heterocycles. The second-order valence-electron chi connectivity index (χ2n) is 5.65. The van der Waals surface area contributed by atoms with Gasteiger partial charge in [0.25, 0.3) is 0 Å². The number of nitrogens with zero attached hydrogens (tertiary/aromatic N) is 2. The van der Waals surface area contributed by atoms with E-state index in [1.165, 1.54) is 7.05 Å². The van der Waals surface area contributed by atoms with E-state index in [-0.39, 0.29) is 36.4 Å². The lowest BCUT2D eigenvalue weighted by Gasteiger charge is -2.24. The number of halogens is 4. The summed E-state index contributed by atoms with van der Waals surface area (Å²) in [5.74, 6) is 0.291. The summed E-state index contributed by atoms with van der Waals surface area (Å²) in [4.78, 5) is 19.4. The third-order valence-corrected chi connectivity index (χ3v) is 3.97. The molecule has 11 heteroatoms. The van der Waals surface area contributed by atoms with Crippen molar-refractivity contribution in [2.45, 2.75) is 33.5 Å². The van der Waals surface area contributed by atoms with E-state index in [9.17, 15) is 18.0 Å². The zero-order valence-electron chi connectivity index (χ0n) is 14.5. The Morgan fingerprint density at radius 2 is 1.92 bits per heavy atom. The van der Waals surface area contributed by atoms with Crippen LogP contribution in [0.15, 0.2) is 10.4 Å². The summed E-state index contributed by atoms with van der Waals surface area (Å²) >= 11 is 0.924. The highest BCUT2D eigenvalue weighted by atomic mass is 127. The Hall–Kier alpha value is -1.11. The molecule has 0 atom stereocenters. The zero-order chi connectivity index (χ0) is 18.4. The van der Waals surface area contributed by atoms with Crippen LogP contribution in [0.2, 0.25) is 0 Å². The summed E-state index contributed by atoms with van der Waals surface area (Å²) in [5, 5.41) is 9.90. The highest BCUT2D eigenvalue weighted by molar-refractivity contribution is 14.0. The van der Waals surface area contributed by atoms with Gasteiger partial charge in [0, 0.05) is 25.5 Å². The molecule has 144 valence electrons. The van der Waals surface area contributed by atoms with Crippen LogP contribution in [0.4, 0.5) is 13.2 Å². The molecule has 6 nitrogen and oxygen atoms in total. The van der Waals surface area contributed by atoms with Gasteiger partial charge in [-0.05, 0) is 20.8 Å². The lowest BCUT2D eigenvalue weighted by molar-refractivity contribution is -0.140. The number of aliphatic imine (C=N–C) groups is 1. The maximum atomic E-state index is 12.5. The van der Waals surface area contributed by atoms with Crippen LogP contribution in [0.25, 0.3) is 0 Å². The summed E-state index contributed by atoms with van der Waals surface area (Å²) < 4.78 is 37.5. The number of guanidine groups is 1. The Kier molecular flexibility index (Phi) is 9.69. The van der Waals surface area contributed by atoms with Crippen molar-refractivity contribution in [3.63, 3.8) is 0 Å². The van der Waals surface area contributed by atoms with Crippen molar-refractivity contribution < 1.29 is 18.0 Å². The number of carbonyl (C=O) groups is 1. The summed E-state index contributed by atoms with van der Waals surface area (Å²) in [6.07, 6.45) is -4.44. The smallest absolute Gasteiger partial charge is 0.356 e. The molecule has 0 aliphatic rings. The Bertz CT molecular complexity index is 589. The van der Waals surface area contributed by atoms with Gasteiger partial charge in [-0.2, -0.15) is 13.2 Å². The van der Waals surface area contributed by atoms with Crippen molar-refractivity contribution in [2.75, 3.05) is 20.1 Å². The highest BCUT2D eigenvalue weighted by Gasteiger charge is 2.33. The van der Waals surface area contributed by atoms with Crippen molar-refractivity contribution in [1.82, 2.24) is 20.9 Å². The second-order valence-corrected chi connectivity index (χ2v) is 6.59. The van der Waals surface area contributed by atoms with Crippen LogP contribution in [0.1, 0.15) is 31.5 Å². The molecular weight excluding hydrogens is 470 g/mol. The minimum Gasteiger partial charge on any atom is -0.356 e. The van der Waals surface area contributed by atoms with Gasteiger partial charge < -0.3 is 16.0 Å². The second kappa shape index (κ2) is 10.1. The van der Waals surface area contributed by atoms with Crippen LogP contribution in [0, 0.1) is 5.41 Å². The standard InChI is InChI=1S/C14H22F3N5OS.HI/c1-5-19-11(23)13(2,3)8-21-12(18-4)20-6-10-22-9(7-24-10)14(15,16)17;/h7H,5-6,8H2,1-4H3,(H,19,23)(H2,18,20,21);1H. The first kappa shape index (κ1) is 23.9. The molecular formula is C14H23F3IN5OS. The summed E-state index contributed by atoms with van der Waals surface area (Å²) in [7, 11) is 1.54. The van der Waals surface area contributed by atoms with Gasteiger partial charge in [-0.25, -0.2) is 4.98 Å². The van der Waals surface area contributed by atoms with Crippen molar-refractivity contribution in [2.24, 2.45) is 10.4 Å². The van der Waals surface area contributed by atoms with Gasteiger partial charge >= 0.3 is 6.18 Å². The van der Waals surface area contributed by atoms with E-state index in [4.69, 9.17) is 0 Å². The third kappa shape index (κ3) is 7.75. The lowest BCUT2D eigenvalue weighted by atomic mass is 9.92. The van der Waals surface area contributed by atoms with Crippen LogP contribution in [-0.4, -0.2) is 37.0 Å². The van der Waals surface area contributed by atoms with E-state index in [0.717, 1.165) is 16.7 Å². The molecule has 0 unspecified atom stereocenters. The van der Waals surface area contributed by atoms with Crippen molar-refractivity contribution in [3.05, 3.63) is 16.1 Å². The largest absolute Gasteiger partial charge is 0.434 e. The summed E-state index contributed by atoms with van der Waals surface area (Å²) in [6, 6.07) is 0. The predicted molar refractivity (Wildman–Crippen MR) is 103 cm³/mol. The number of alkyl halides is 3. The molecule has 0 aromatic carbocycles. The van der Waals surface area contributed by atoms with Crippen molar-refractivity contribution in [3.8, 4) is 0 Å². The number of amides is 1. The molecule has 0 bridgehead atoms. The Labute approximate surface area is 166 Å². The predicted octanol–water partition coefficient (Wildman–Crippen LogP) is 2.61. The lowest BCUT2D eigenvalue weighted by Crippen LogP contribution is -2.47. The fourth-order valence-electron chi connectivity index (χ4n) is 1.69. The quantitative estimate of drug-likeness (QED) is 0.324. The van der Waals surface area contributed by atoms with Crippen molar-refractivity contribution >= 4 is 47.2 Å². The van der Waals surface area contributed by atoms with Gasteiger partial charge in [0.15, 0.2) is 11.7 Å². The van der Waals surface area contributed by atoms with E-state index in [1.807, 2.05) is 6.92 Å². The first-order valence-corrected chi connectivity index (χ1v) is 8.22. The van der Waals surface area contributed by atoms with E-state index in [2.05, 4.69) is 25.9 Å². The Morgan fingerprint density at radius 1 is 1.28 bits per heavy atom. The van der Waals surface area contributed by atoms with Gasteiger partial charge in [0.2, 0.25) is 5.91 Å². The van der Waals surface area contributed by atoms with Crippen LogP contribution in [-0.2, 0) is 17.5 Å². The molecule has 1 aromatic heterocycles. The number of hydrogen-bond donors (Lipinski definition) is 3. The molecule has 0 radical (unpaired) electrons. The molecule has 0 saturated heterocycles. The SMILES string of the molecule is CCNC(=O)C(C)(C)CNC(=NC)NCc1nc(C(F)(F)F)cs1.I. The molecule has 1 amide bonds. The summed E-state index contributed by atoms with van der Waals surface area (Å²) in [5.41, 5.74) is -1.55. The van der Waals surface area contributed by atoms with Gasteiger partial charge in [-0.3, -0.25) is 9.79 Å². The number of rotatable bonds is 6. The minimum absolute atomic E-state index is 0. The highest BCUT2D eigenvalue weighted by Crippen LogP contribution is 2.29. The monoisotopic (exact) mass is 493 g/mol. The number of aromatic nitrogens is 1. The van der Waals surface area contributed by atoms with E-state index < -0.39 is 17.3 Å². The van der Waals surface area contributed by atoms with E-state index in [0.29, 0.717) is 24.1 Å². The number of nitrogens with one attached hydrogen (secondary N) is 3. The molecule has 0 saturated carbocycles. The molecule has 1 aromatic rings. The van der Waals surface area contributed by atoms with Crippen LogP contribution in [0.5, 0.6) is 0 Å². The van der Waals surface area contributed by atoms with E-state index >= 15 is 0 Å². The van der Waals surface area contributed by atoms with Gasteiger partial charge in [-0.1, -0.05) is 0 Å². The maximum Gasteiger partial charge on any atom is 0.434 e. The number of thiazole rings is 1. The molecule has 0 fully saturated rings. The average Bonchev–Trinajstić information content (AvgIpc) is 2.96. The fourth-order valence-corrected chi connectivity index (χ4v) is 2.43. The minimum atomic E-state index is -4.44. The van der Waals surface area contributed by atoms with Gasteiger partial charge in [0.1, 0.15) is 5.01 Å².